The molecule has 13 N–H and O–H groups in total. The molecule has 4 atom stereocenters. The minimum absolute atomic E-state index is 0.196. The van der Waals surface area contributed by atoms with Crippen LogP contribution >= 0.6 is 0 Å². The number of imidazole rings is 1. The lowest BCUT2D eigenvalue weighted by molar-refractivity contribution is -0.143. The first-order valence-electron chi connectivity index (χ1n) is 10.5. The second kappa shape index (κ2) is 14.0. The minimum atomic E-state index is -1.67. The van der Waals surface area contributed by atoms with E-state index in [1.807, 2.05) is 0 Å². The van der Waals surface area contributed by atoms with Gasteiger partial charge < -0.3 is 49.0 Å². The summed E-state index contributed by atoms with van der Waals surface area (Å²) in [4.78, 5) is 89.4. The van der Waals surface area contributed by atoms with Crippen LogP contribution in [-0.2, 0) is 40.0 Å². The van der Waals surface area contributed by atoms with Crippen LogP contribution < -0.4 is 38.9 Å². The zero-order chi connectivity index (χ0) is 27.4. The topological polar surface area (TPSA) is 309 Å². The van der Waals surface area contributed by atoms with Gasteiger partial charge in [-0.2, -0.15) is 0 Å². The monoisotopic (exact) mass is 511 g/mol. The van der Waals surface area contributed by atoms with Gasteiger partial charge in [0.25, 0.3) is 0 Å². The van der Waals surface area contributed by atoms with Gasteiger partial charge in [0.2, 0.25) is 35.4 Å². The van der Waals surface area contributed by atoms with E-state index >= 15 is 0 Å². The number of primary amides is 3. The van der Waals surface area contributed by atoms with E-state index < -0.39 is 78.4 Å². The highest BCUT2D eigenvalue weighted by Crippen LogP contribution is 2.05. The van der Waals surface area contributed by atoms with Gasteiger partial charge in [-0.25, -0.2) is 9.78 Å². The molecule has 17 nitrogen and oxygen atoms in total. The van der Waals surface area contributed by atoms with Crippen molar-refractivity contribution in [2.75, 3.05) is 0 Å². The number of amides is 6. The molecule has 36 heavy (non-hydrogen) atoms. The lowest BCUT2D eigenvalue weighted by Gasteiger charge is -2.24. The summed E-state index contributed by atoms with van der Waals surface area (Å²) in [5.41, 5.74) is 21.1. The molecule has 0 bridgehead atoms. The third-order valence-electron chi connectivity index (χ3n) is 4.70. The highest BCUT2D eigenvalue weighted by atomic mass is 16.4. The smallest absolute Gasteiger partial charge is 0.326 e. The van der Waals surface area contributed by atoms with Gasteiger partial charge in [0.1, 0.15) is 18.1 Å². The number of carbonyl (C=O) groups is 7. The Morgan fingerprint density at radius 2 is 1.39 bits per heavy atom. The number of aliphatic carboxylic acids is 1. The summed E-state index contributed by atoms with van der Waals surface area (Å²) in [5, 5.41) is 16.0. The molecule has 0 aromatic carbocycles. The Morgan fingerprint density at radius 1 is 0.833 bits per heavy atom. The molecule has 1 heterocycles. The van der Waals surface area contributed by atoms with Crippen molar-refractivity contribution in [3.63, 3.8) is 0 Å². The molecule has 0 saturated carbocycles. The minimum Gasteiger partial charge on any atom is -0.480 e. The molecule has 1 aromatic heterocycles. The number of nitrogens with two attached hydrogens (primary N) is 4. The summed E-state index contributed by atoms with van der Waals surface area (Å²) >= 11 is 0. The van der Waals surface area contributed by atoms with Gasteiger partial charge in [-0.05, 0) is 6.42 Å². The van der Waals surface area contributed by atoms with Gasteiger partial charge in [0.15, 0.2) is 0 Å². The number of nitrogens with one attached hydrogen (secondary N) is 4. The van der Waals surface area contributed by atoms with Gasteiger partial charge >= 0.3 is 5.97 Å². The molecule has 17 heteroatoms. The fourth-order valence-electron chi connectivity index (χ4n) is 2.92. The van der Waals surface area contributed by atoms with Crippen molar-refractivity contribution in [1.82, 2.24) is 25.9 Å². The number of aromatic nitrogens is 2. The average molecular weight is 511 g/mol. The molecule has 0 saturated heterocycles. The Hall–Kier alpha value is -4.54. The third kappa shape index (κ3) is 10.6. The SMILES string of the molecule is NC(=O)CCC(NC(=O)C(N)CC(N)=O)C(=O)NC(Cc1cnc[nH]1)C(=O)NC(CC(N)=O)C(=O)O. The molecule has 0 aliphatic heterocycles. The van der Waals surface area contributed by atoms with Crippen LogP contribution in [0.4, 0.5) is 0 Å². The first-order valence-corrected chi connectivity index (χ1v) is 10.5. The summed E-state index contributed by atoms with van der Waals surface area (Å²) in [6.07, 6.45) is 0.611. The Labute approximate surface area is 204 Å². The number of rotatable bonds is 16. The molecule has 0 aliphatic rings. The van der Waals surface area contributed by atoms with Crippen molar-refractivity contribution in [1.29, 1.82) is 0 Å². The van der Waals surface area contributed by atoms with Crippen molar-refractivity contribution in [2.45, 2.75) is 56.3 Å². The summed E-state index contributed by atoms with van der Waals surface area (Å²) in [6.45, 7) is 0. The maximum absolute atomic E-state index is 13.0. The van der Waals surface area contributed by atoms with Crippen LogP contribution in [0.5, 0.6) is 0 Å². The zero-order valence-corrected chi connectivity index (χ0v) is 19.1. The van der Waals surface area contributed by atoms with Gasteiger partial charge in [-0.15, -0.1) is 0 Å². The number of hydrogen-bond donors (Lipinski definition) is 9. The molecule has 198 valence electrons. The predicted molar refractivity (Wildman–Crippen MR) is 120 cm³/mol. The quantitative estimate of drug-likeness (QED) is 0.102. The maximum Gasteiger partial charge on any atom is 0.326 e. The number of carbonyl (C=O) groups excluding carboxylic acids is 6. The fourth-order valence-corrected chi connectivity index (χ4v) is 2.92. The van der Waals surface area contributed by atoms with Crippen molar-refractivity contribution in [3.8, 4) is 0 Å². The molecular formula is C19H29N9O8. The van der Waals surface area contributed by atoms with Crippen molar-refractivity contribution < 1.29 is 38.7 Å². The van der Waals surface area contributed by atoms with E-state index in [0.29, 0.717) is 5.69 Å². The van der Waals surface area contributed by atoms with Crippen molar-refractivity contribution in [2.24, 2.45) is 22.9 Å². The molecule has 6 amide bonds. The number of H-pyrrole nitrogens is 1. The Kier molecular flexibility index (Phi) is 11.5. The van der Waals surface area contributed by atoms with Crippen LogP contribution in [0.15, 0.2) is 12.5 Å². The van der Waals surface area contributed by atoms with Crippen molar-refractivity contribution in [3.05, 3.63) is 18.2 Å². The number of carboxylic acid groups (broad SMARTS) is 1. The van der Waals surface area contributed by atoms with Crippen LogP contribution in [-0.4, -0.2) is 80.7 Å². The fraction of sp³-hybridized carbons (Fsp3) is 0.474. The van der Waals surface area contributed by atoms with E-state index in [2.05, 4.69) is 25.9 Å². The van der Waals surface area contributed by atoms with E-state index in [1.165, 1.54) is 12.5 Å². The van der Waals surface area contributed by atoms with Crippen LogP contribution in [0.2, 0.25) is 0 Å². The Morgan fingerprint density at radius 3 is 1.89 bits per heavy atom. The maximum atomic E-state index is 13.0. The summed E-state index contributed by atoms with van der Waals surface area (Å²) in [6, 6.07) is -5.89. The van der Waals surface area contributed by atoms with Gasteiger partial charge in [0, 0.05) is 24.7 Å². The summed E-state index contributed by atoms with van der Waals surface area (Å²) in [5.74, 6) is -7.04. The second-order valence-electron chi connectivity index (χ2n) is 7.76. The van der Waals surface area contributed by atoms with Crippen LogP contribution in [0, 0.1) is 0 Å². The van der Waals surface area contributed by atoms with Crippen LogP contribution in [0.1, 0.15) is 31.4 Å². The largest absolute Gasteiger partial charge is 0.480 e. The van der Waals surface area contributed by atoms with Crippen molar-refractivity contribution >= 4 is 41.4 Å². The highest BCUT2D eigenvalue weighted by molar-refractivity contribution is 5.95. The molecule has 0 radical (unpaired) electrons. The molecule has 0 aliphatic carbocycles. The first-order chi connectivity index (χ1) is 16.8. The summed E-state index contributed by atoms with van der Waals surface area (Å²) < 4.78 is 0. The van der Waals surface area contributed by atoms with E-state index in [9.17, 15) is 38.7 Å². The van der Waals surface area contributed by atoms with Gasteiger partial charge in [-0.1, -0.05) is 0 Å². The second-order valence-corrected chi connectivity index (χ2v) is 7.76. The number of hydrogen-bond acceptors (Lipinski definition) is 9. The predicted octanol–water partition coefficient (Wildman–Crippen LogP) is -5.17. The van der Waals surface area contributed by atoms with Crippen LogP contribution in [0.3, 0.4) is 0 Å². The van der Waals surface area contributed by atoms with E-state index in [4.69, 9.17) is 22.9 Å². The Bertz CT molecular complexity index is 982. The van der Waals surface area contributed by atoms with E-state index in [0.717, 1.165) is 0 Å². The molecule has 1 rings (SSSR count). The van der Waals surface area contributed by atoms with E-state index in [1.54, 1.807) is 0 Å². The molecule has 0 spiro atoms. The average Bonchev–Trinajstić information content (AvgIpc) is 3.27. The Balaban J connectivity index is 3.10. The first kappa shape index (κ1) is 29.5. The lowest BCUT2D eigenvalue weighted by atomic mass is 10.1. The lowest BCUT2D eigenvalue weighted by Crippen LogP contribution is -2.58. The molecular weight excluding hydrogens is 482 g/mol. The molecule has 0 fully saturated rings. The molecule has 4 unspecified atom stereocenters. The number of carboxylic acids is 1. The number of nitrogens with zero attached hydrogens (tertiary/aromatic N) is 1. The zero-order valence-electron chi connectivity index (χ0n) is 19.1. The standard InChI is InChI=1S/C19H29N9O8/c20-9(4-14(22)30)16(32)26-10(1-2-13(21)29)17(33)27-11(3-8-6-24-7-25-8)18(34)28-12(19(35)36)5-15(23)31/h6-7,9-12H,1-5,20H2,(H2,21,29)(H2,22,30)(H2,23,31)(H,24,25)(H,26,32)(H,27,33)(H,28,34)(H,35,36). The van der Waals surface area contributed by atoms with Gasteiger partial charge in [0.05, 0.1) is 25.2 Å². The van der Waals surface area contributed by atoms with Crippen LogP contribution in [0.25, 0.3) is 0 Å². The normalized spacial score (nSPS) is 13.9. The molecule has 1 aromatic rings. The third-order valence-corrected chi connectivity index (χ3v) is 4.70. The highest BCUT2D eigenvalue weighted by Gasteiger charge is 2.31. The van der Waals surface area contributed by atoms with E-state index in [-0.39, 0.29) is 19.3 Å². The summed E-state index contributed by atoms with van der Waals surface area (Å²) in [7, 11) is 0. The van der Waals surface area contributed by atoms with Gasteiger partial charge in [-0.3, -0.25) is 28.8 Å². The number of aromatic amines is 1.